The molecular formula is C24H19F11O3. The van der Waals surface area contributed by atoms with Gasteiger partial charge in [-0.25, -0.2) is 9.18 Å². The molecule has 0 radical (unpaired) electrons. The van der Waals surface area contributed by atoms with E-state index < -0.39 is 72.7 Å². The summed E-state index contributed by atoms with van der Waals surface area (Å²) in [6.07, 6.45) is -4.97. The maximum atomic E-state index is 15.4. The molecule has 1 atom stereocenters. The number of hydrogen-bond donors (Lipinski definition) is 1. The number of carbonyl (C=O) groups excluding carboxylic acids is 1. The first-order valence-electron chi connectivity index (χ1n) is 10.8. The van der Waals surface area contributed by atoms with E-state index in [-0.39, 0.29) is 11.1 Å². The van der Waals surface area contributed by atoms with Gasteiger partial charge in [-0.2, -0.15) is 43.9 Å². The van der Waals surface area contributed by atoms with Gasteiger partial charge in [-0.1, -0.05) is 60.7 Å². The van der Waals surface area contributed by atoms with Gasteiger partial charge in [-0.3, -0.25) is 0 Å². The number of aryl methyl sites for hydroxylation is 1. The van der Waals surface area contributed by atoms with Crippen molar-refractivity contribution in [3.05, 3.63) is 71.8 Å². The van der Waals surface area contributed by atoms with Gasteiger partial charge in [0.25, 0.3) is 5.67 Å². The molecular weight excluding hydrogens is 545 g/mol. The van der Waals surface area contributed by atoms with E-state index in [1.54, 1.807) is 0 Å². The lowest BCUT2D eigenvalue weighted by Gasteiger charge is -2.53. The van der Waals surface area contributed by atoms with Crippen molar-refractivity contribution in [3.8, 4) is 0 Å². The molecule has 38 heavy (non-hydrogen) atoms. The molecule has 0 spiro atoms. The fraction of sp³-hybridized carbons (Fsp3) is 0.458. The SMILES string of the molecule is O=C(OCc1ccccc1)C(O)(CCc1ccccc1)CC1(F)C(F)(F)C(F)(F)C(F)(F)C(F)(F)C1(F)F. The van der Waals surface area contributed by atoms with Crippen LogP contribution >= 0.6 is 0 Å². The third-order valence-corrected chi connectivity index (χ3v) is 6.37. The van der Waals surface area contributed by atoms with Gasteiger partial charge in [0.15, 0.2) is 5.60 Å². The van der Waals surface area contributed by atoms with Crippen LogP contribution in [0, 0.1) is 0 Å². The van der Waals surface area contributed by atoms with Crippen LogP contribution in [0.3, 0.4) is 0 Å². The van der Waals surface area contributed by atoms with Crippen LogP contribution in [0.4, 0.5) is 48.3 Å². The van der Waals surface area contributed by atoms with Gasteiger partial charge >= 0.3 is 35.6 Å². The largest absolute Gasteiger partial charge is 0.459 e. The third kappa shape index (κ3) is 4.20. The summed E-state index contributed by atoms with van der Waals surface area (Å²) in [4.78, 5) is 12.7. The number of ether oxygens (including phenoxy) is 1. The molecule has 0 amide bonds. The van der Waals surface area contributed by atoms with Crippen LogP contribution in [0.25, 0.3) is 0 Å². The Bertz CT molecular complexity index is 1110. The molecule has 1 saturated carbocycles. The van der Waals surface area contributed by atoms with Crippen LogP contribution in [-0.4, -0.2) is 52.0 Å². The van der Waals surface area contributed by atoms with Gasteiger partial charge in [0, 0.05) is 6.42 Å². The molecule has 14 heteroatoms. The predicted molar refractivity (Wildman–Crippen MR) is 109 cm³/mol. The second kappa shape index (κ2) is 9.38. The minimum atomic E-state index is -7.40. The summed E-state index contributed by atoms with van der Waals surface area (Å²) in [5.41, 5.74) is -10.0. The van der Waals surface area contributed by atoms with Crippen molar-refractivity contribution in [3.63, 3.8) is 0 Å². The Labute approximate surface area is 208 Å². The summed E-state index contributed by atoms with van der Waals surface area (Å²) < 4.78 is 161. The Morgan fingerprint density at radius 2 is 1.05 bits per heavy atom. The number of benzene rings is 2. The Morgan fingerprint density at radius 3 is 1.50 bits per heavy atom. The molecule has 0 aromatic heterocycles. The summed E-state index contributed by atoms with van der Waals surface area (Å²) in [6, 6.07) is 14.1. The monoisotopic (exact) mass is 564 g/mol. The molecule has 0 saturated heterocycles. The Kier molecular flexibility index (Phi) is 7.32. The average molecular weight is 564 g/mol. The molecule has 0 aliphatic heterocycles. The van der Waals surface area contributed by atoms with Gasteiger partial charge in [0.05, 0.1) is 0 Å². The number of rotatable bonds is 8. The number of aliphatic hydroxyl groups is 1. The Morgan fingerprint density at radius 1 is 0.658 bits per heavy atom. The molecule has 3 rings (SSSR count). The van der Waals surface area contributed by atoms with Crippen LogP contribution in [0.1, 0.15) is 24.0 Å². The van der Waals surface area contributed by atoms with E-state index in [1.165, 1.54) is 60.7 Å². The fourth-order valence-corrected chi connectivity index (χ4v) is 4.03. The zero-order valence-corrected chi connectivity index (χ0v) is 19.0. The van der Waals surface area contributed by atoms with Crippen molar-refractivity contribution < 1.29 is 62.9 Å². The first-order chi connectivity index (χ1) is 17.3. The molecule has 0 bridgehead atoms. The molecule has 1 aliphatic rings. The third-order valence-electron chi connectivity index (χ3n) is 6.37. The summed E-state index contributed by atoms with van der Waals surface area (Å²) in [6.45, 7) is -0.760. The molecule has 210 valence electrons. The molecule has 1 unspecified atom stereocenters. The van der Waals surface area contributed by atoms with Gasteiger partial charge in [-0.15, -0.1) is 0 Å². The highest BCUT2D eigenvalue weighted by atomic mass is 19.4. The lowest BCUT2D eigenvalue weighted by Crippen LogP contribution is -2.84. The Hall–Kier alpha value is -2.90. The van der Waals surface area contributed by atoms with Crippen LogP contribution in [0.2, 0.25) is 0 Å². The molecule has 2 aromatic carbocycles. The molecule has 1 aliphatic carbocycles. The van der Waals surface area contributed by atoms with E-state index in [4.69, 9.17) is 0 Å². The normalized spacial score (nSPS) is 23.7. The second-order valence-corrected chi connectivity index (χ2v) is 8.93. The van der Waals surface area contributed by atoms with Crippen molar-refractivity contribution in [2.75, 3.05) is 0 Å². The Balaban J connectivity index is 2.07. The zero-order valence-electron chi connectivity index (χ0n) is 19.0. The maximum absolute atomic E-state index is 15.4. The van der Waals surface area contributed by atoms with Gasteiger partial charge in [-0.05, 0) is 24.0 Å². The minimum Gasteiger partial charge on any atom is -0.459 e. The lowest BCUT2D eigenvalue weighted by atomic mass is 9.67. The predicted octanol–water partition coefficient (Wildman–Crippen LogP) is 6.38. The van der Waals surface area contributed by atoms with Crippen LogP contribution in [0.5, 0.6) is 0 Å². The standard InChI is InChI=1S/C24H19F11O3/c25-19(20(26,27)22(30,31)24(34,35)23(32,33)21(19,28)29)14-18(37,12-11-15-7-3-1-4-8-15)17(36)38-13-16-9-5-2-6-10-16/h1-10,37H,11-14H2. The number of alkyl halides is 11. The molecule has 3 nitrogen and oxygen atoms in total. The van der Waals surface area contributed by atoms with Gasteiger partial charge in [0.2, 0.25) is 0 Å². The first kappa shape index (κ1) is 29.7. The van der Waals surface area contributed by atoms with E-state index >= 15 is 4.39 Å². The van der Waals surface area contributed by atoms with Crippen molar-refractivity contribution in [2.45, 2.75) is 66.8 Å². The van der Waals surface area contributed by atoms with E-state index in [1.807, 2.05) is 0 Å². The topological polar surface area (TPSA) is 46.5 Å². The first-order valence-corrected chi connectivity index (χ1v) is 10.8. The van der Waals surface area contributed by atoms with Crippen molar-refractivity contribution in [1.29, 1.82) is 0 Å². The summed E-state index contributed by atoms with van der Waals surface area (Å²) in [5.74, 6) is -38.6. The molecule has 1 fully saturated rings. The van der Waals surface area contributed by atoms with E-state index in [0.29, 0.717) is 0 Å². The smallest absolute Gasteiger partial charge is 0.384 e. The van der Waals surface area contributed by atoms with Crippen LogP contribution in [0.15, 0.2) is 60.7 Å². The molecule has 1 N–H and O–H groups in total. The van der Waals surface area contributed by atoms with Gasteiger partial charge < -0.3 is 9.84 Å². The lowest BCUT2D eigenvalue weighted by molar-refractivity contribution is -0.487. The van der Waals surface area contributed by atoms with Crippen molar-refractivity contribution in [2.24, 2.45) is 0 Å². The fourth-order valence-electron chi connectivity index (χ4n) is 4.03. The highest BCUT2D eigenvalue weighted by Gasteiger charge is 3.01. The number of halogens is 11. The number of hydrogen-bond acceptors (Lipinski definition) is 3. The van der Waals surface area contributed by atoms with Crippen molar-refractivity contribution >= 4 is 5.97 Å². The van der Waals surface area contributed by atoms with Crippen LogP contribution < -0.4 is 0 Å². The summed E-state index contributed by atoms with van der Waals surface area (Å²) in [7, 11) is 0. The quantitative estimate of drug-likeness (QED) is 0.299. The van der Waals surface area contributed by atoms with Crippen molar-refractivity contribution in [1.82, 2.24) is 0 Å². The minimum absolute atomic E-state index is 0.187. The van der Waals surface area contributed by atoms with E-state index in [0.717, 1.165) is 0 Å². The number of esters is 1. The molecule has 0 heterocycles. The summed E-state index contributed by atoms with van der Waals surface area (Å²) >= 11 is 0. The highest BCUT2D eigenvalue weighted by Crippen LogP contribution is 2.70. The number of carbonyl (C=O) groups is 1. The van der Waals surface area contributed by atoms with E-state index in [9.17, 15) is 53.8 Å². The van der Waals surface area contributed by atoms with Crippen LogP contribution in [-0.2, 0) is 22.6 Å². The summed E-state index contributed by atoms with van der Waals surface area (Å²) in [5, 5.41) is 10.8. The van der Waals surface area contributed by atoms with E-state index in [2.05, 4.69) is 4.74 Å². The zero-order chi connectivity index (χ0) is 28.8. The molecule has 2 aromatic rings. The average Bonchev–Trinajstić information content (AvgIpc) is 2.86. The maximum Gasteiger partial charge on any atom is 0.384 e. The highest BCUT2D eigenvalue weighted by molar-refractivity contribution is 5.79. The van der Waals surface area contributed by atoms with Gasteiger partial charge in [0.1, 0.15) is 6.61 Å². The second-order valence-electron chi connectivity index (χ2n) is 8.93.